The van der Waals surface area contributed by atoms with Crippen LogP contribution in [0.5, 0.6) is 0 Å². The summed E-state index contributed by atoms with van der Waals surface area (Å²) in [6, 6.07) is 5.81. The average Bonchev–Trinajstić information content (AvgIpc) is 3.17. The number of nitrogens with one attached hydrogen (secondary N) is 1. The summed E-state index contributed by atoms with van der Waals surface area (Å²) in [5.74, 6) is 0.141. The summed E-state index contributed by atoms with van der Waals surface area (Å²) in [5, 5.41) is 13.8. The Labute approximate surface area is 145 Å². The van der Waals surface area contributed by atoms with Gasteiger partial charge >= 0.3 is 0 Å². The second kappa shape index (κ2) is 7.09. The Balaban J connectivity index is 1.68. The smallest absolute Gasteiger partial charge is 0.255 e. The number of hydrogen-bond acceptors (Lipinski definition) is 5. The van der Waals surface area contributed by atoms with Gasteiger partial charge in [-0.25, -0.2) is 0 Å². The molecular weight excluding hydrogens is 326 g/mol. The molecule has 3 heterocycles. The molecule has 1 aliphatic heterocycles. The van der Waals surface area contributed by atoms with Crippen molar-refractivity contribution in [3.63, 3.8) is 0 Å². The first-order valence-electron chi connectivity index (χ1n) is 8.22. The van der Waals surface area contributed by atoms with Crippen LogP contribution in [0, 0.1) is 6.92 Å². The number of rotatable bonds is 5. The molecule has 2 aromatic rings. The van der Waals surface area contributed by atoms with Gasteiger partial charge in [0.15, 0.2) is 0 Å². The minimum Gasteiger partial charge on any atom is -0.465 e. The van der Waals surface area contributed by atoms with E-state index in [1.807, 2.05) is 6.92 Å². The Morgan fingerprint density at radius 3 is 2.79 bits per heavy atom. The third-order valence-electron chi connectivity index (χ3n) is 4.33. The number of aliphatic hydroxyl groups is 1. The summed E-state index contributed by atoms with van der Waals surface area (Å²) in [6.07, 6.45) is 3.12. The van der Waals surface area contributed by atoms with Crippen molar-refractivity contribution < 1.29 is 19.1 Å². The zero-order valence-electron chi connectivity index (χ0n) is 14.0. The molecule has 24 heavy (non-hydrogen) atoms. The Hall–Kier alpha value is -1.63. The number of amides is 1. The van der Waals surface area contributed by atoms with Crippen LogP contribution in [0.25, 0.3) is 0 Å². The number of furan rings is 1. The van der Waals surface area contributed by atoms with E-state index in [0.29, 0.717) is 37.4 Å². The van der Waals surface area contributed by atoms with Crippen LogP contribution in [0.4, 0.5) is 0 Å². The molecule has 0 aliphatic carbocycles. The van der Waals surface area contributed by atoms with Crippen LogP contribution < -0.4 is 5.32 Å². The van der Waals surface area contributed by atoms with Crippen molar-refractivity contribution in [3.8, 4) is 0 Å². The Morgan fingerprint density at radius 1 is 1.38 bits per heavy atom. The standard InChI is InChI=1S/C18H23NO4S/c1-12(11-14-4-3-13(2)24-14)19-17(20)15-5-8-23-16(15)18(21)6-9-22-10-7-18/h3-5,8,12,21H,6-7,9-11H2,1-2H3,(H,19,20)/t12-/m1/s1. The molecule has 6 heteroatoms. The van der Waals surface area contributed by atoms with E-state index in [4.69, 9.17) is 9.15 Å². The Bertz CT molecular complexity index is 699. The van der Waals surface area contributed by atoms with Crippen molar-refractivity contribution in [2.24, 2.45) is 0 Å². The van der Waals surface area contributed by atoms with E-state index in [0.717, 1.165) is 6.42 Å². The molecule has 0 saturated carbocycles. The third kappa shape index (κ3) is 3.71. The van der Waals surface area contributed by atoms with E-state index in [1.165, 1.54) is 16.0 Å². The predicted octanol–water partition coefficient (Wildman–Crippen LogP) is 3.01. The molecule has 1 saturated heterocycles. The van der Waals surface area contributed by atoms with Crippen LogP contribution in [0.2, 0.25) is 0 Å². The average molecular weight is 349 g/mol. The lowest BCUT2D eigenvalue weighted by atomic mass is 9.89. The van der Waals surface area contributed by atoms with Crippen LogP contribution in [-0.4, -0.2) is 30.3 Å². The first-order valence-corrected chi connectivity index (χ1v) is 9.04. The van der Waals surface area contributed by atoms with Gasteiger partial charge in [0.05, 0.1) is 11.8 Å². The van der Waals surface area contributed by atoms with Crippen LogP contribution in [0.15, 0.2) is 28.9 Å². The van der Waals surface area contributed by atoms with Crippen molar-refractivity contribution in [1.82, 2.24) is 5.32 Å². The van der Waals surface area contributed by atoms with Gasteiger partial charge in [0.25, 0.3) is 5.91 Å². The van der Waals surface area contributed by atoms with Gasteiger partial charge < -0.3 is 19.6 Å². The van der Waals surface area contributed by atoms with Crippen molar-refractivity contribution in [2.75, 3.05) is 13.2 Å². The van der Waals surface area contributed by atoms with Gasteiger partial charge in [-0.2, -0.15) is 0 Å². The number of hydrogen-bond donors (Lipinski definition) is 2. The van der Waals surface area contributed by atoms with Crippen LogP contribution >= 0.6 is 11.3 Å². The van der Waals surface area contributed by atoms with Gasteiger partial charge in [0.2, 0.25) is 0 Å². The number of carbonyl (C=O) groups excluding carboxylic acids is 1. The Morgan fingerprint density at radius 2 is 2.12 bits per heavy atom. The van der Waals surface area contributed by atoms with E-state index >= 15 is 0 Å². The lowest BCUT2D eigenvalue weighted by Gasteiger charge is -2.30. The molecular formula is C18H23NO4S. The summed E-state index contributed by atoms with van der Waals surface area (Å²) in [4.78, 5) is 15.1. The maximum atomic E-state index is 12.6. The molecule has 130 valence electrons. The lowest BCUT2D eigenvalue weighted by molar-refractivity contribution is -0.0804. The number of thiophene rings is 1. The molecule has 2 aromatic heterocycles. The fourth-order valence-corrected chi connectivity index (χ4v) is 4.05. The lowest BCUT2D eigenvalue weighted by Crippen LogP contribution is -2.38. The maximum Gasteiger partial charge on any atom is 0.255 e. The van der Waals surface area contributed by atoms with E-state index in [2.05, 4.69) is 24.4 Å². The Kier molecular flexibility index (Phi) is 5.08. The number of carbonyl (C=O) groups is 1. The first kappa shape index (κ1) is 17.2. The van der Waals surface area contributed by atoms with E-state index < -0.39 is 5.60 Å². The highest BCUT2D eigenvalue weighted by molar-refractivity contribution is 7.11. The normalized spacial score (nSPS) is 18.3. The summed E-state index contributed by atoms with van der Waals surface area (Å²) in [5.41, 5.74) is -0.712. The van der Waals surface area contributed by atoms with Crippen LogP contribution in [0.1, 0.15) is 45.6 Å². The van der Waals surface area contributed by atoms with Gasteiger partial charge in [-0.05, 0) is 32.0 Å². The molecule has 5 nitrogen and oxygen atoms in total. The monoisotopic (exact) mass is 349 g/mol. The van der Waals surface area contributed by atoms with E-state index in [1.54, 1.807) is 17.4 Å². The molecule has 3 rings (SSSR count). The summed E-state index contributed by atoms with van der Waals surface area (Å²) < 4.78 is 10.8. The van der Waals surface area contributed by atoms with E-state index in [9.17, 15) is 9.90 Å². The first-order chi connectivity index (χ1) is 11.5. The molecule has 0 unspecified atom stereocenters. The molecule has 1 aliphatic rings. The highest BCUT2D eigenvalue weighted by Gasteiger charge is 2.38. The summed E-state index contributed by atoms with van der Waals surface area (Å²) in [6.45, 7) is 4.98. The van der Waals surface area contributed by atoms with Gasteiger partial charge in [-0.1, -0.05) is 0 Å². The van der Waals surface area contributed by atoms with Crippen molar-refractivity contribution >= 4 is 17.2 Å². The SMILES string of the molecule is Cc1ccc(C[C@@H](C)NC(=O)c2ccoc2C2(O)CCOCC2)s1. The largest absolute Gasteiger partial charge is 0.465 e. The zero-order chi connectivity index (χ0) is 17.2. The fraction of sp³-hybridized carbons (Fsp3) is 0.500. The van der Waals surface area contributed by atoms with Gasteiger partial charge in [-0.3, -0.25) is 4.79 Å². The molecule has 0 aromatic carbocycles. The molecule has 0 spiro atoms. The highest BCUT2D eigenvalue weighted by Crippen LogP contribution is 2.34. The van der Waals surface area contributed by atoms with Crippen LogP contribution in [0.3, 0.4) is 0 Å². The molecule has 1 amide bonds. The van der Waals surface area contributed by atoms with Gasteiger partial charge in [0.1, 0.15) is 11.4 Å². The number of aryl methyl sites for hydroxylation is 1. The molecule has 1 atom stereocenters. The molecule has 1 fully saturated rings. The predicted molar refractivity (Wildman–Crippen MR) is 92.3 cm³/mol. The summed E-state index contributed by atoms with van der Waals surface area (Å²) >= 11 is 1.74. The molecule has 2 N–H and O–H groups in total. The molecule has 0 radical (unpaired) electrons. The summed E-state index contributed by atoms with van der Waals surface area (Å²) in [7, 11) is 0. The van der Waals surface area contributed by atoms with Crippen LogP contribution in [-0.2, 0) is 16.8 Å². The van der Waals surface area contributed by atoms with Crippen molar-refractivity contribution in [2.45, 2.75) is 44.8 Å². The second-order valence-corrected chi connectivity index (χ2v) is 7.77. The highest BCUT2D eigenvalue weighted by atomic mass is 32.1. The topological polar surface area (TPSA) is 71.7 Å². The van der Waals surface area contributed by atoms with Crippen molar-refractivity contribution in [1.29, 1.82) is 0 Å². The third-order valence-corrected chi connectivity index (χ3v) is 5.36. The van der Waals surface area contributed by atoms with Gasteiger partial charge in [0, 0.05) is 48.3 Å². The minimum absolute atomic E-state index is 0.00244. The van der Waals surface area contributed by atoms with Crippen molar-refractivity contribution in [3.05, 3.63) is 45.5 Å². The quantitative estimate of drug-likeness (QED) is 0.870. The maximum absolute atomic E-state index is 12.6. The molecule has 0 bridgehead atoms. The second-order valence-electron chi connectivity index (χ2n) is 6.40. The fourth-order valence-electron chi connectivity index (χ4n) is 3.03. The van der Waals surface area contributed by atoms with Gasteiger partial charge in [-0.15, -0.1) is 11.3 Å². The van der Waals surface area contributed by atoms with E-state index in [-0.39, 0.29) is 11.9 Å². The number of ether oxygens (including phenoxy) is 1. The minimum atomic E-state index is -1.12. The zero-order valence-corrected chi connectivity index (χ0v) is 14.8.